The molecule has 0 radical (unpaired) electrons. The number of nitrogens with one attached hydrogen (secondary N) is 1. The summed E-state index contributed by atoms with van der Waals surface area (Å²) >= 11 is 0. The summed E-state index contributed by atoms with van der Waals surface area (Å²) in [6.07, 6.45) is 17.0. The number of esters is 1. The van der Waals surface area contributed by atoms with E-state index >= 15 is 0 Å². The smallest absolute Gasteiger partial charge is 0.320 e. The number of ether oxygens (including phenoxy) is 2. The quantitative estimate of drug-likeness (QED) is 0.299. The molecule has 2 aliphatic rings. The van der Waals surface area contributed by atoms with Gasteiger partial charge in [-0.3, -0.25) is 4.79 Å². The van der Waals surface area contributed by atoms with Gasteiger partial charge in [0, 0.05) is 35.6 Å². The van der Waals surface area contributed by atoms with E-state index < -0.39 is 5.60 Å². The Labute approximate surface area is 256 Å². The molecule has 1 N–H and O–H groups in total. The Balaban J connectivity index is 0.00000148. The molecule has 6 nitrogen and oxygen atoms in total. The van der Waals surface area contributed by atoms with Crippen molar-refractivity contribution >= 4 is 11.5 Å². The number of methoxy groups -OCH3 is 1. The molecular weight excluding hydrogens is 522 g/mol. The molecule has 1 saturated carbocycles. The number of benzene rings is 1. The van der Waals surface area contributed by atoms with Gasteiger partial charge >= 0.3 is 5.97 Å². The maximum Gasteiger partial charge on any atom is 0.320 e. The molecule has 1 aromatic carbocycles. The minimum Gasteiger partial charge on any atom is -0.496 e. The van der Waals surface area contributed by atoms with Crippen LogP contribution in [0.3, 0.4) is 0 Å². The zero-order valence-electron chi connectivity index (χ0n) is 27.9. The molecule has 234 valence electrons. The Morgan fingerprint density at radius 1 is 0.952 bits per heavy atom. The Morgan fingerprint density at radius 2 is 1.62 bits per heavy atom. The summed E-state index contributed by atoms with van der Waals surface area (Å²) < 4.78 is 11.0. The Bertz CT molecular complexity index is 1100. The van der Waals surface area contributed by atoms with Gasteiger partial charge in [-0.25, -0.2) is 9.97 Å². The summed E-state index contributed by atoms with van der Waals surface area (Å²) in [6.45, 7) is 16.6. The largest absolute Gasteiger partial charge is 0.496 e. The summed E-state index contributed by atoms with van der Waals surface area (Å²) in [4.78, 5) is 21.3. The predicted molar refractivity (Wildman–Crippen MR) is 175 cm³/mol. The number of aromatic nitrogens is 2. The van der Waals surface area contributed by atoms with Crippen molar-refractivity contribution in [2.75, 3.05) is 13.7 Å². The highest BCUT2D eigenvalue weighted by Crippen LogP contribution is 2.41. The SMILES string of the molecule is CC.CC.CCC1CCC(C2CC=C(c3cnc(-c4ccc(CNCC(=O)OC(C)(C)C)c(OC)c4)nc3)CC2)CC1. The lowest BCUT2D eigenvalue weighted by Crippen LogP contribution is -2.31. The van der Waals surface area contributed by atoms with Crippen molar-refractivity contribution in [2.24, 2.45) is 17.8 Å². The number of carbonyl (C=O) groups excluding carboxylic acids is 1. The van der Waals surface area contributed by atoms with Crippen LogP contribution in [0, 0.1) is 17.8 Å². The van der Waals surface area contributed by atoms with Crippen molar-refractivity contribution in [3.05, 3.63) is 47.8 Å². The van der Waals surface area contributed by atoms with Crippen molar-refractivity contribution in [2.45, 2.75) is 119 Å². The van der Waals surface area contributed by atoms with Crippen LogP contribution >= 0.6 is 0 Å². The molecule has 1 aromatic heterocycles. The fourth-order valence-electron chi connectivity index (χ4n) is 5.96. The minimum absolute atomic E-state index is 0.142. The Morgan fingerprint density at radius 3 is 2.17 bits per heavy atom. The van der Waals surface area contributed by atoms with Crippen molar-refractivity contribution in [3.8, 4) is 17.1 Å². The highest BCUT2D eigenvalue weighted by Gasteiger charge is 2.28. The highest BCUT2D eigenvalue weighted by atomic mass is 16.6. The zero-order valence-corrected chi connectivity index (χ0v) is 27.9. The van der Waals surface area contributed by atoms with Crippen LogP contribution in [0.15, 0.2) is 36.7 Å². The average molecular weight is 580 g/mol. The lowest BCUT2D eigenvalue weighted by Gasteiger charge is -2.35. The van der Waals surface area contributed by atoms with Gasteiger partial charge in [0.15, 0.2) is 5.82 Å². The summed E-state index contributed by atoms with van der Waals surface area (Å²) in [5.41, 5.74) is 3.90. The molecule has 2 aromatic rings. The van der Waals surface area contributed by atoms with Crippen molar-refractivity contribution in [1.29, 1.82) is 0 Å². The second-order valence-corrected chi connectivity index (χ2v) is 12.0. The molecule has 4 rings (SSSR count). The first-order chi connectivity index (χ1) is 20.3. The lowest BCUT2D eigenvalue weighted by molar-refractivity contribution is -0.153. The second kappa shape index (κ2) is 18.0. The molecule has 1 heterocycles. The summed E-state index contributed by atoms with van der Waals surface area (Å²) in [5, 5.41) is 3.14. The number of nitrogens with zero attached hydrogens (tertiary/aromatic N) is 2. The van der Waals surface area contributed by atoms with Gasteiger partial charge in [-0.1, -0.05) is 72.1 Å². The molecule has 6 heteroatoms. The molecule has 0 spiro atoms. The summed E-state index contributed by atoms with van der Waals surface area (Å²) in [6, 6.07) is 5.95. The van der Waals surface area contributed by atoms with E-state index in [4.69, 9.17) is 19.4 Å². The molecule has 42 heavy (non-hydrogen) atoms. The van der Waals surface area contributed by atoms with Crippen LogP contribution in [-0.4, -0.2) is 35.2 Å². The number of allylic oxidation sites excluding steroid dienone is 2. The predicted octanol–water partition coefficient (Wildman–Crippen LogP) is 9.04. The summed E-state index contributed by atoms with van der Waals surface area (Å²) in [7, 11) is 1.65. The summed E-state index contributed by atoms with van der Waals surface area (Å²) in [5.74, 6) is 3.88. The van der Waals surface area contributed by atoms with Gasteiger partial charge in [-0.15, -0.1) is 0 Å². The normalized spacial score (nSPS) is 20.2. The highest BCUT2D eigenvalue weighted by molar-refractivity contribution is 5.72. The van der Waals surface area contributed by atoms with E-state index in [1.807, 2.05) is 79.1 Å². The number of carbonyl (C=O) groups is 1. The van der Waals surface area contributed by atoms with Crippen LogP contribution in [0.25, 0.3) is 17.0 Å². The van der Waals surface area contributed by atoms with Crippen LogP contribution in [-0.2, 0) is 16.1 Å². The fourth-order valence-corrected chi connectivity index (χ4v) is 5.96. The molecule has 1 atom stereocenters. The second-order valence-electron chi connectivity index (χ2n) is 12.0. The topological polar surface area (TPSA) is 73.3 Å². The van der Waals surface area contributed by atoms with E-state index in [1.54, 1.807) is 7.11 Å². The van der Waals surface area contributed by atoms with Crippen LogP contribution < -0.4 is 10.1 Å². The molecule has 2 aliphatic carbocycles. The van der Waals surface area contributed by atoms with E-state index in [0.29, 0.717) is 12.4 Å². The fraction of sp³-hybridized carbons (Fsp3) is 0.639. The maximum absolute atomic E-state index is 12.0. The van der Waals surface area contributed by atoms with E-state index in [9.17, 15) is 4.79 Å². The maximum atomic E-state index is 12.0. The van der Waals surface area contributed by atoms with Crippen molar-refractivity contribution in [1.82, 2.24) is 15.3 Å². The molecule has 1 unspecified atom stereocenters. The number of rotatable bonds is 9. The monoisotopic (exact) mass is 579 g/mol. The third-order valence-corrected chi connectivity index (χ3v) is 8.16. The first-order valence-corrected chi connectivity index (χ1v) is 16.4. The lowest BCUT2D eigenvalue weighted by atomic mass is 9.71. The van der Waals surface area contributed by atoms with E-state index in [0.717, 1.165) is 46.6 Å². The number of hydrogen-bond donors (Lipinski definition) is 1. The number of hydrogen-bond acceptors (Lipinski definition) is 6. The average Bonchev–Trinajstić information content (AvgIpc) is 3.02. The van der Waals surface area contributed by atoms with E-state index in [1.165, 1.54) is 50.5 Å². The van der Waals surface area contributed by atoms with E-state index in [2.05, 4.69) is 18.3 Å². The van der Waals surface area contributed by atoms with Gasteiger partial charge in [0.25, 0.3) is 0 Å². The van der Waals surface area contributed by atoms with Crippen LogP contribution in [0.1, 0.15) is 118 Å². The molecule has 0 bridgehead atoms. The van der Waals surface area contributed by atoms with E-state index in [-0.39, 0.29) is 12.5 Å². The molecule has 0 saturated heterocycles. The molecule has 0 amide bonds. The zero-order chi connectivity index (χ0) is 31.1. The van der Waals surface area contributed by atoms with Crippen LogP contribution in [0.5, 0.6) is 5.75 Å². The van der Waals surface area contributed by atoms with Gasteiger partial charge in [-0.05, 0) is 82.3 Å². The molecule has 0 aliphatic heterocycles. The Hall–Kier alpha value is -2.73. The minimum atomic E-state index is -0.489. The first kappa shape index (κ1) is 35.5. The third kappa shape index (κ3) is 10.8. The van der Waals surface area contributed by atoms with Crippen molar-refractivity contribution < 1.29 is 14.3 Å². The van der Waals surface area contributed by atoms with Gasteiger partial charge in [0.2, 0.25) is 0 Å². The first-order valence-electron chi connectivity index (χ1n) is 16.4. The standard InChI is InChI=1S/C32H45N3O3.2C2H6/c1-6-22-7-9-23(10-8-22)24-11-13-25(14-12-24)28-19-34-31(35-20-28)26-15-16-27(29(17-26)37-5)18-33-21-30(36)38-32(2,3)4;2*1-2/h13,15-17,19-20,22-24,33H,6-12,14,18,21H2,1-5H3;2*1-2H3. The third-order valence-electron chi connectivity index (χ3n) is 8.16. The van der Waals surface area contributed by atoms with Gasteiger partial charge in [0.1, 0.15) is 11.4 Å². The van der Waals surface area contributed by atoms with Crippen molar-refractivity contribution in [3.63, 3.8) is 0 Å². The molecule has 1 fully saturated rings. The Kier molecular flexibility index (Phi) is 15.2. The van der Waals surface area contributed by atoms with Gasteiger partial charge in [-0.2, -0.15) is 0 Å². The molecular formula is C36H57N3O3. The van der Waals surface area contributed by atoms with Gasteiger partial charge < -0.3 is 14.8 Å². The van der Waals surface area contributed by atoms with Crippen LogP contribution in [0.4, 0.5) is 0 Å². The van der Waals surface area contributed by atoms with Crippen LogP contribution in [0.2, 0.25) is 0 Å². The van der Waals surface area contributed by atoms with Gasteiger partial charge in [0.05, 0.1) is 13.7 Å².